The molecule has 0 radical (unpaired) electrons. The third-order valence-electron chi connectivity index (χ3n) is 6.58. The van der Waals surface area contributed by atoms with Crippen molar-refractivity contribution in [3.05, 3.63) is 11.6 Å². The lowest BCUT2D eigenvalue weighted by Gasteiger charge is -2.43. The van der Waals surface area contributed by atoms with Gasteiger partial charge in [-0.3, -0.25) is 0 Å². The van der Waals surface area contributed by atoms with Crippen LogP contribution in [-0.4, -0.2) is 11.7 Å². The van der Waals surface area contributed by atoms with Crippen molar-refractivity contribution >= 4 is 0 Å². The average molecular weight is 278 g/mol. The Morgan fingerprint density at radius 2 is 1.60 bits per heavy atom. The molecule has 1 heteroatoms. The van der Waals surface area contributed by atoms with Gasteiger partial charge in [0.1, 0.15) is 0 Å². The normalized spacial score (nSPS) is 46.1. The minimum absolute atomic E-state index is 0.333. The maximum atomic E-state index is 9.24. The fourth-order valence-electron chi connectivity index (χ4n) is 4.94. The molecule has 2 aliphatic rings. The summed E-state index contributed by atoms with van der Waals surface area (Å²) in [6.45, 7) is 12.4. The minimum Gasteiger partial charge on any atom is -0.396 e. The lowest BCUT2D eigenvalue weighted by molar-refractivity contribution is 0.0991. The molecule has 0 aromatic rings. The summed E-state index contributed by atoms with van der Waals surface area (Å²) in [5, 5.41) is 9.24. The summed E-state index contributed by atoms with van der Waals surface area (Å²) in [5.41, 5.74) is 1.54. The van der Waals surface area contributed by atoms with Crippen LogP contribution >= 0.6 is 0 Å². The molecule has 2 rings (SSSR count). The topological polar surface area (TPSA) is 20.2 Å². The highest BCUT2D eigenvalue weighted by Crippen LogP contribution is 2.46. The van der Waals surface area contributed by atoms with E-state index in [2.05, 4.69) is 40.7 Å². The van der Waals surface area contributed by atoms with E-state index in [9.17, 15) is 5.11 Å². The number of hydrogen-bond acceptors (Lipinski definition) is 1. The van der Waals surface area contributed by atoms with Crippen LogP contribution in [0.4, 0.5) is 0 Å². The second kappa shape index (κ2) is 6.64. The smallest absolute Gasteiger partial charge is 0.0436 e. The molecular formula is C19H34O. The molecular weight excluding hydrogens is 244 g/mol. The fourth-order valence-corrected chi connectivity index (χ4v) is 4.94. The Labute approximate surface area is 125 Å². The molecule has 1 saturated carbocycles. The van der Waals surface area contributed by atoms with E-state index in [4.69, 9.17) is 0 Å². The highest BCUT2D eigenvalue weighted by molar-refractivity contribution is 5.13. The summed E-state index contributed by atoms with van der Waals surface area (Å²) >= 11 is 0. The van der Waals surface area contributed by atoms with Gasteiger partial charge in [0.05, 0.1) is 0 Å². The van der Waals surface area contributed by atoms with E-state index in [1.807, 2.05) is 0 Å². The quantitative estimate of drug-likeness (QED) is 0.728. The monoisotopic (exact) mass is 278 g/mol. The largest absolute Gasteiger partial charge is 0.396 e. The first kappa shape index (κ1) is 16.1. The third kappa shape index (κ3) is 3.30. The minimum atomic E-state index is 0.333. The summed E-state index contributed by atoms with van der Waals surface area (Å²) in [5.74, 6) is 5.68. The van der Waals surface area contributed by atoms with E-state index in [1.54, 1.807) is 5.57 Å². The Hall–Kier alpha value is -0.300. The number of allylic oxidation sites excluding steroid dienone is 2. The van der Waals surface area contributed by atoms with E-state index >= 15 is 0 Å². The Kier molecular flexibility index (Phi) is 5.34. The van der Waals surface area contributed by atoms with Gasteiger partial charge in [-0.15, -0.1) is 0 Å². The van der Waals surface area contributed by atoms with Gasteiger partial charge in [-0.05, 0) is 74.0 Å². The highest BCUT2D eigenvalue weighted by atomic mass is 16.3. The van der Waals surface area contributed by atoms with Gasteiger partial charge in [-0.2, -0.15) is 0 Å². The molecule has 0 heterocycles. The second-order valence-electron chi connectivity index (χ2n) is 7.95. The molecule has 116 valence electrons. The van der Waals surface area contributed by atoms with Gasteiger partial charge in [-0.25, -0.2) is 0 Å². The van der Waals surface area contributed by atoms with Crippen molar-refractivity contribution in [2.24, 2.45) is 41.4 Å². The second-order valence-corrected chi connectivity index (χ2v) is 7.95. The zero-order valence-electron chi connectivity index (χ0n) is 14.1. The molecule has 1 fully saturated rings. The number of hydrogen-bond donors (Lipinski definition) is 1. The third-order valence-corrected chi connectivity index (χ3v) is 6.58. The first-order valence-corrected chi connectivity index (χ1v) is 8.73. The fraction of sp³-hybridized carbons (Fsp3) is 0.895. The van der Waals surface area contributed by atoms with Gasteiger partial charge in [0.25, 0.3) is 0 Å². The zero-order valence-corrected chi connectivity index (χ0v) is 14.1. The SMILES string of the molecule is CC1=CC(C2CC(C)C(C)C(C)C2)CC(C)C1CCO. The molecule has 1 N–H and O–H groups in total. The van der Waals surface area contributed by atoms with Gasteiger partial charge in [-0.1, -0.05) is 39.3 Å². The van der Waals surface area contributed by atoms with Crippen LogP contribution in [0, 0.1) is 41.4 Å². The maximum Gasteiger partial charge on any atom is 0.0436 e. The van der Waals surface area contributed by atoms with Gasteiger partial charge < -0.3 is 5.11 Å². The number of aliphatic hydroxyl groups excluding tert-OH is 1. The molecule has 0 bridgehead atoms. The van der Waals surface area contributed by atoms with E-state index in [1.165, 1.54) is 19.3 Å². The Morgan fingerprint density at radius 3 is 2.10 bits per heavy atom. The van der Waals surface area contributed by atoms with Crippen molar-refractivity contribution in [2.45, 2.75) is 60.3 Å². The van der Waals surface area contributed by atoms with E-state index < -0.39 is 0 Å². The van der Waals surface area contributed by atoms with Crippen molar-refractivity contribution in [3.8, 4) is 0 Å². The lowest BCUT2D eigenvalue weighted by Crippen LogP contribution is -2.34. The van der Waals surface area contributed by atoms with Crippen molar-refractivity contribution in [3.63, 3.8) is 0 Å². The number of aliphatic hydroxyl groups is 1. The molecule has 5 unspecified atom stereocenters. The summed E-state index contributed by atoms with van der Waals surface area (Å²) in [4.78, 5) is 0. The van der Waals surface area contributed by atoms with Gasteiger partial charge in [0.15, 0.2) is 0 Å². The summed E-state index contributed by atoms with van der Waals surface area (Å²) in [6.07, 6.45) is 7.68. The molecule has 0 aromatic carbocycles. The highest BCUT2D eigenvalue weighted by Gasteiger charge is 2.36. The van der Waals surface area contributed by atoms with Crippen LogP contribution < -0.4 is 0 Å². The van der Waals surface area contributed by atoms with Crippen LogP contribution in [0.25, 0.3) is 0 Å². The first-order chi connectivity index (χ1) is 9.43. The predicted molar refractivity (Wildman–Crippen MR) is 86.4 cm³/mol. The average Bonchev–Trinajstić information content (AvgIpc) is 2.39. The van der Waals surface area contributed by atoms with Gasteiger partial charge in [0, 0.05) is 6.61 Å². The standard InChI is InChI=1S/C19H34O/c1-12-8-17(9-13(2)16(12)5)18-10-14(3)19(6-7-20)15(4)11-18/h10,12-13,15-20H,6-9,11H2,1-5H3. The van der Waals surface area contributed by atoms with Gasteiger partial charge >= 0.3 is 0 Å². The van der Waals surface area contributed by atoms with Gasteiger partial charge in [0.2, 0.25) is 0 Å². The summed E-state index contributed by atoms with van der Waals surface area (Å²) < 4.78 is 0. The van der Waals surface area contributed by atoms with Crippen LogP contribution in [0.15, 0.2) is 11.6 Å². The predicted octanol–water partition coefficient (Wildman–Crippen LogP) is 4.91. The zero-order chi connectivity index (χ0) is 14.9. The van der Waals surface area contributed by atoms with Crippen LogP contribution in [0.2, 0.25) is 0 Å². The molecule has 0 saturated heterocycles. The van der Waals surface area contributed by atoms with Crippen molar-refractivity contribution in [1.82, 2.24) is 0 Å². The van der Waals surface area contributed by atoms with Crippen molar-refractivity contribution < 1.29 is 5.11 Å². The summed E-state index contributed by atoms with van der Waals surface area (Å²) in [7, 11) is 0. The van der Waals surface area contributed by atoms with Crippen molar-refractivity contribution in [1.29, 1.82) is 0 Å². The lowest BCUT2D eigenvalue weighted by atomic mass is 9.62. The Bertz CT molecular complexity index is 334. The molecule has 2 aliphatic carbocycles. The van der Waals surface area contributed by atoms with Crippen LogP contribution in [0.3, 0.4) is 0 Å². The molecule has 0 aromatic heterocycles. The molecule has 1 nitrogen and oxygen atoms in total. The van der Waals surface area contributed by atoms with E-state index in [0.717, 1.165) is 41.9 Å². The van der Waals surface area contributed by atoms with Crippen LogP contribution in [0.1, 0.15) is 60.3 Å². The van der Waals surface area contributed by atoms with E-state index in [-0.39, 0.29) is 0 Å². The van der Waals surface area contributed by atoms with Crippen molar-refractivity contribution in [2.75, 3.05) is 6.61 Å². The number of rotatable bonds is 3. The Morgan fingerprint density at radius 1 is 1.00 bits per heavy atom. The Balaban J connectivity index is 2.07. The van der Waals surface area contributed by atoms with E-state index in [0.29, 0.717) is 12.5 Å². The maximum absolute atomic E-state index is 9.24. The van der Waals surface area contributed by atoms with Crippen LogP contribution in [-0.2, 0) is 0 Å². The van der Waals surface area contributed by atoms with Crippen LogP contribution in [0.5, 0.6) is 0 Å². The molecule has 20 heavy (non-hydrogen) atoms. The molecule has 0 spiro atoms. The molecule has 5 atom stereocenters. The first-order valence-electron chi connectivity index (χ1n) is 8.73. The molecule has 0 amide bonds. The summed E-state index contributed by atoms with van der Waals surface area (Å²) in [6, 6.07) is 0. The molecule has 0 aliphatic heterocycles.